The first-order valence-electron chi connectivity index (χ1n) is 9.00. The summed E-state index contributed by atoms with van der Waals surface area (Å²) in [5.41, 5.74) is 2.45. The highest BCUT2D eigenvalue weighted by molar-refractivity contribution is 6.32. The van der Waals surface area contributed by atoms with Gasteiger partial charge in [0.25, 0.3) is 0 Å². The van der Waals surface area contributed by atoms with Crippen LogP contribution in [0.3, 0.4) is 0 Å². The molecule has 2 aromatic rings. The van der Waals surface area contributed by atoms with E-state index in [0.29, 0.717) is 26.2 Å². The Labute approximate surface area is 154 Å². The highest BCUT2D eigenvalue weighted by atomic mass is 16.5. The van der Waals surface area contributed by atoms with Crippen LogP contribution in [-0.2, 0) is 14.3 Å². The summed E-state index contributed by atoms with van der Waals surface area (Å²) in [6.07, 6.45) is 0. The van der Waals surface area contributed by atoms with Crippen LogP contribution in [0.25, 0.3) is 0 Å². The van der Waals surface area contributed by atoms with Gasteiger partial charge in [-0.15, -0.1) is 0 Å². The average molecular weight is 352 g/mol. The van der Waals surface area contributed by atoms with Crippen molar-refractivity contribution in [3.05, 3.63) is 71.8 Å². The van der Waals surface area contributed by atoms with Crippen LogP contribution in [-0.4, -0.2) is 54.5 Å². The van der Waals surface area contributed by atoms with Crippen molar-refractivity contribution in [3.8, 4) is 0 Å². The molecule has 1 amide bonds. The highest BCUT2D eigenvalue weighted by Gasteiger charge is 2.30. The smallest absolute Gasteiger partial charge is 0.397 e. The average Bonchev–Trinajstić information content (AvgIpc) is 2.70. The van der Waals surface area contributed by atoms with Crippen molar-refractivity contribution in [2.75, 3.05) is 32.8 Å². The van der Waals surface area contributed by atoms with Crippen LogP contribution in [0.4, 0.5) is 0 Å². The number of esters is 1. The van der Waals surface area contributed by atoms with Crippen LogP contribution in [0, 0.1) is 0 Å². The number of ether oxygens (including phenoxy) is 1. The number of benzene rings is 2. The molecule has 0 aromatic heterocycles. The molecule has 0 atom stereocenters. The summed E-state index contributed by atoms with van der Waals surface area (Å²) >= 11 is 0. The summed E-state index contributed by atoms with van der Waals surface area (Å²) in [6.45, 7) is 4.38. The second kappa shape index (κ2) is 8.63. The normalized spacial score (nSPS) is 15.1. The van der Waals surface area contributed by atoms with Crippen molar-refractivity contribution < 1.29 is 14.3 Å². The van der Waals surface area contributed by atoms with Crippen LogP contribution in [0.1, 0.15) is 24.1 Å². The van der Waals surface area contributed by atoms with Crippen molar-refractivity contribution in [3.63, 3.8) is 0 Å². The number of hydrogen-bond acceptors (Lipinski definition) is 4. The Kier molecular flexibility index (Phi) is 6.02. The van der Waals surface area contributed by atoms with Crippen molar-refractivity contribution in [2.45, 2.75) is 13.0 Å². The second-order valence-electron chi connectivity index (χ2n) is 6.27. The molecule has 1 aliphatic heterocycles. The topological polar surface area (TPSA) is 49.9 Å². The first kappa shape index (κ1) is 18.1. The van der Waals surface area contributed by atoms with Gasteiger partial charge < -0.3 is 9.64 Å². The van der Waals surface area contributed by atoms with Gasteiger partial charge in [0.1, 0.15) is 0 Å². The Hall–Kier alpha value is -2.66. The van der Waals surface area contributed by atoms with E-state index in [1.807, 2.05) is 36.4 Å². The van der Waals surface area contributed by atoms with Gasteiger partial charge >= 0.3 is 11.9 Å². The minimum Gasteiger partial charge on any atom is -0.459 e. The van der Waals surface area contributed by atoms with Crippen LogP contribution < -0.4 is 0 Å². The maximum absolute atomic E-state index is 12.1. The molecule has 1 heterocycles. The molecule has 0 spiro atoms. The summed E-state index contributed by atoms with van der Waals surface area (Å²) < 4.78 is 4.83. The molecule has 0 bridgehead atoms. The number of carbonyl (C=O) groups is 2. The molecule has 0 radical (unpaired) electrons. The molecule has 26 heavy (non-hydrogen) atoms. The maximum Gasteiger partial charge on any atom is 0.397 e. The lowest BCUT2D eigenvalue weighted by molar-refractivity contribution is -0.160. The fraction of sp³-hybridized carbons (Fsp3) is 0.333. The molecule has 136 valence electrons. The summed E-state index contributed by atoms with van der Waals surface area (Å²) in [7, 11) is 0. The molecule has 0 N–H and O–H groups in total. The number of nitrogens with zero attached hydrogens (tertiary/aromatic N) is 2. The molecule has 0 saturated carbocycles. The molecular weight excluding hydrogens is 328 g/mol. The molecule has 0 unspecified atom stereocenters. The van der Waals surface area contributed by atoms with Gasteiger partial charge in [0.2, 0.25) is 0 Å². The zero-order chi connectivity index (χ0) is 18.4. The van der Waals surface area contributed by atoms with E-state index >= 15 is 0 Å². The van der Waals surface area contributed by atoms with E-state index in [9.17, 15) is 9.59 Å². The molecule has 5 heteroatoms. The Morgan fingerprint density at radius 2 is 1.38 bits per heavy atom. The lowest BCUT2D eigenvalue weighted by Crippen LogP contribution is -2.51. The van der Waals surface area contributed by atoms with Crippen molar-refractivity contribution in [2.24, 2.45) is 0 Å². The van der Waals surface area contributed by atoms with E-state index in [0.717, 1.165) is 0 Å². The monoisotopic (exact) mass is 352 g/mol. The SMILES string of the molecule is CCOC(=O)C(=O)N1CCN(C(c2ccccc2)c2ccccc2)CC1. The molecule has 0 aliphatic carbocycles. The number of hydrogen-bond donors (Lipinski definition) is 0. The Bertz CT molecular complexity index is 686. The van der Waals surface area contributed by atoms with Crippen LogP contribution >= 0.6 is 0 Å². The molecule has 3 rings (SSSR count). The molecule has 5 nitrogen and oxygen atoms in total. The minimum atomic E-state index is -0.761. The van der Waals surface area contributed by atoms with Crippen molar-refractivity contribution in [1.82, 2.24) is 9.80 Å². The van der Waals surface area contributed by atoms with Gasteiger partial charge in [-0.3, -0.25) is 9.69 Å². The molecule has 2 aromatic carbocycles. The maximum atomic E-state index is 12.1. The van der Waals surface area contributed by atoms with E-state index in [-0.39, 0.29) is 12.6 Å². The fourth-order valence-corrected chi connectivity index (χ4v) is 3.39. The largest absolute Gasteiger partial charge is 0.459 e. The Morgan fingerprint density at radius 1 is 0.885 bits per heavy atom. The van der Waals surface area contributed by atoms with E-state index in [1.54, 1.807) is 11.8 Å². The van der Waals surface area contributed by atoms with Crippen LogP contribution in [0.2, 0.25) is 0 Å². The predicted octanol–water partition coefficient (Wildman–Crippen LogP) is 2.48. The first-order chi connectivity index (χ1) is 12.7. The molecule has 1 fully saturated rings. The summed E-state index contributed by atoms with van der Waals surface area (Å²) in [4.78, 5) is 27.8. The fourth-order valence-electron chi connectivity index (χ4n) is 3.39. The van der Waals surface area contributed by atoms with Crippen molar-refractivity contribution in [1.29, 1.82) is 0 Å². The zero-order valence-corrected chi connectivity index (χ0v) is 15.0. The Balaban J connectivity index is 1.74. The predicted molar refractivity (Wildman–Crippen MR) is 99.5 cm³/mol. The highest BCUT2D eigenvalue weighted by Crippen LogP contribution is 2.29. The molecular formula is C21H24N2O3. The lowest BCUT2D eigenvalue weighted by atomic mass is 9.96. The third-order valence-corrected chi connectivity index (χ3v) is 4.65. The number of rotatable bonds is 4. The van der Waals surface area contributed by atoms with Gasteiger partial charge in [-0.1, -0.05) is 60.7 Å². The Morgan fingerprint density at radius 3 is 1.85 bits per heavy atom. The van der Waals surface area contributed by atoms with E-state index in [4.69, 9.17) is 4.74 Å². The quantitative estimate of drug-likeness (QED) is 0.627. The van der Waals surface area contributed by atoms with Crippen molar-refractivity contribution >= 4 is 11.9 Å². The second-order valence-corrected chi connectivity index (χ2v) is 6.27. The third-order valence-electron chi connectivity index (χ3n) is 4.65. The van der Waals surface area contributed by atoms with Gasteiger partial charge in [-0.05, 0) is 18.1 Å². The number of amides is 1. The summed E-state index contributed by atoms with van der Waals surface area (Å²) in [5.74, 6) is -1.30. The number of piperazine rings is 1. The standard InChI is InChI=1S/C21H24N2O3/c1-2-26-21(25)20(24)23-15-13-22(14-16-23)19(17-9-5-3-6-10-17)18-11-7-4-8-12-18/h3-12,19H,2,13-16H2,1H3. The summed E-state index contributed by atoms with van der Waals surface area (Å²) in [5, 5.41) is 0. The van der Waals surface area contributed by atoms with Crippen LogP contribution in [0.15, 0.2) is 60.7 Å². The van der Waals surface area contributed by atoms with Gasteiger partial charge in [-0.25, -0.2) is 4.79 Å². The van der Waals surface area contributed by atoms with E-state index in [1.165, 1.54) is 11.1 Å². The zero-order valence-electron chi connectivity index (χ0n) is 15.0. The first-order valence-corrected chi connectivity index (χ1v) is 9.00. The third kappa shape index (κ3) is 4.11. The minimum absolute atomic E-state index is 0.136. The summed E-state index contributed by atoms with van der Waals surface area (Å²) in [6, 6.07) is 20.9. The van der Waals surface area contributed by atoms with Gasteiger partial charge in [0, 0.05) is 26.2 Å². The van der Waals surface area contributed by atoms with E-state index in [2.05, 4.69) is 29.2 Å². The van der Waals surface area contributed by atoms with Gasteiger partial charge in [-0.2, -0.15) is 0 Å². The van der Waals surface area contributed by atoms with Gasteiger partial charge in [0.15, 0.2) is 0 Å². The van der Waals surface area contributed by atoms with Gasteiger partial charge in [0.05, 0.1) is 12.6 Å². The lowest BCUT2D eigenvalue weighted by Gasteiger charge is -2.39. The number of carbonyl (C=O) groups excluding carboxylic acids is 2. The molecule has 1 saturated heterocycles. The molecule has 1 aliphatic rings. The van der Waals surface area contributed by atoms with E-state index < -0.39 is 11.9 Å². The van der Waals surface area contributed by atoms with Crippen LogP contribution in [0.5, 0.6) is 0 Å².